The number of aldehydes is 1. The highest BCUT2D eigenvalue weighted by atomic mass is 16.7. The molecule has 25 heavy (non-hydrogen) atoms. The molecule has 0 saturated carbocycles. The Labute approximate surface area is 152 Å². The van der Waals surface area contributed by atoms with Crippen LogP contribution in [-0.4, -0.2) is 24.6 Å². The van der Waals surface area contributed by atoms with E-state index in [1.807, 2.05) is 0 Å². The number of carbonyl (C=O) groups excluding carboxylic acids is 1. The lowest BCUT2D eigenvalue weighted by molar-refractivity contribution is -0.105. The molecule has 0 spiro atoms. The van der Waals surface area contributed by atoms with Crippen molar-refractivity contribution in [2.75, 3.05) is 0 Å². The molecule has 1 aliphatic rings. The van der Waals surface area contributed by atoms with E-state index < -0.39 is 0 Å². The minimum absolute atomic E-state index is 0.338. The molecular formula is C21H31BO3. The summed E-state index contributed by atoms with van der Waals surface area (Å²) in [5, 5.41) is 0. The Kier molecular flexibility index (Phi) is 6.28. The zero-order valence-corrected chi connectivity index (χ0v) is 16.5. The van der Waals surface area contributed by atoms with Gasteiger partial charge in [-0.25, -0.2) is 0 Å². The van der Waals surface area contributed by atoms with E-state index in [1.54, 1.807) is 0 Å². The molecule has 0 aromatic heterocycles. The monoisotopic (exact) mass is 342 g/mol. The Morgan fingerprint density at radius 3 is 1.92 bits per heavy atom. The maximum absolute atomic E-state index is 11.5. The number of rotatable bonds is 7. The standard InChI is InChI=1S/C21H31BO3/c1-7-9-17(15-23)19(10-8-2)16-11-13-18(14-12-16)22-24-20(3,4)21(5,6)25-22/h11-15H,7-10H2,1-6H3/b19-17-. The lowest BCUT2D eigenvalue weighted by Gasteiger charge is -2.32. The fourth-order valence-corrected chi connectivity index (χ4v) is 3.11. The van der Waals surface area contributed by atoms with E-state index in [0.29, 0.717) is 0 Å². The first kappa shape index (κ1) is 19.9. The lowest BCUT2D eigenvalue weighted by atomic mass is 9.78. The van der Waals surface area contributed by atoms with Gasteiger partial charge in [0.05, 0.1) is 11.2 Å². The van der Waals surface area contributed by atoms with Gasteiger partial charge in [-0.05, 0) is 62.7 Å². The quantitative estimate of drug-likeness (QED) is 0.415. The van der Waals surface area contributed by atoms with E-state index in [2.05, 4.69) is 65.8 Å². The van der Waals surface area contributed by atoms with Gasteiger partial charge in [0.1, 0.15) is 6.29 Å². The second kappa shape index (κ2) is 7.88. The Hall–Kier alpha value is -1.39. The fraction of sp³-hybridized carbons (Fsp3) is 0.571. The van der Waals surface area contributed by atoms with Gasteiger partial charge in [0.2, 0.25) is 0 Å². The van der Waals surface area contributed by atoms with Crippen molar-refractivity contribution in [1.82, 2.24) is 0 Å². The molecule has 1 aromatic rings. The summed E-state index contributed by atoms with van der Waals surface area (Å²) in [5.74, 6) is 0. The highest BCUT2D eigenvalue weighted by molar-refractivity contribution is 6.62. The number of benzene rings is 1. The van der Waals surface area contributed by atoms with Crippen LogP contribution in [0.5, 0.6) is 0 Å². The Balaban J connectivity index is 2.28. The normalized spacial score (nSPS) is 19.7. The van der Waals surface area contributed by atoms with Crippen LogP contribution in [0.1, 0.15) is 72.8 Å². The molecule has 1 fully saturated rings. The largest absolute Gasteiger partial charge is 0.494 e. The van der Waals surface area contributed by atoms with E-state index in [4.69, 9.17) is 9.31 Å². The molecule has 0 unspecified atom stereocenters. The van der Waals surface area contributed by atoms with Crippen molar-refractivity contribution in [2.45, 2.75) is 78.4 Å². The first-order valence-corrected chi connectivity index (χ1v) is 9.39. The van der Waals surface area contributed by atoms with Crippen molar-refractivity contribution < 1.29 is 14.1 Å². The molecule has 136 valence electrons. The third kappa shape index (κ3) is 4.24. The lowest BCUT2D eigenvalue weighted by Crippen LogP contribution is -2.41. The molecule has 0 amide bonds. The van der Waals surface area contributed by atoms with Crippen molar-refractivity contribution in [3.63, 3.8) is 0 Å². The van der Waals surface area contributed by atoms with Crippen LogP contribution in [0.15, 0.2) is 29.8 Å². The summed E-state index contributed by atoms with van der Waals surface area (Å²) >= 11 is 0. The first-order chi connectivity index (χ1) is 11.8. The molecular weight excluding hydrogens is 311 g/mol. The molecule has 0 radical (unpaired) electrons. The molecule has 1 aliphatic heterocycles. The minimum atomic E-state index is -0.348. The third-order valence-corrected chi connectivity index (χ3v) is 5.33. The van der Waals surface area contributed by atoms with Crippen LogP contribution in [-0.2, 0) is 14.1 Å². The van der Waals surface area contributed by atoms with Gasteiger partial charge in [-0.2, -0.15) is 0 Å². The predicted molar refractivity (Wildman–Crippen MR) is 105 cm³/mol. The topological polar surface area (TPSA) is 35.5 Å². The summed E-state index contributed by atoms with van der Waals surface area (Å²) in [6.45, 7) is 12.5. The van der Waals surface area contributed by atoms with Gasteiger partial charge in [0.25, 0.3) is 0 Å². The van der Waals surface area contributed by atoms with Gasteiger partial charge in [-0.3, -0.25) is 4.79 Å². The highest BCUT2D eigenvalue weighted by Gasteiger charge is 2.51. The van der Waals surface area contributed by atoms with Crippen LogP contribution < -0.4 is 5.46 Å². The molecule has 1 aromatic carbocycles. The maximum atomic E-state index is 11.5. The zero-order valence-electron chi connectivity index (χ0n) is 16.5. The maximum Gasteiger partial charge on any atom is 0.494 e. The van der Waals surface area contributed by atoms with Crippen LogP contribution in [0, 0.1) is 0 Å². The number of carbonyl (C=O) groups is 1. The average molecular weight is 342 g/mol. The van der Waals surface area contributed by atoms with Crippen LogP contribution in [0.2, 0.25) is 0 Å². The van der Waals surface area contributed by atoms with Crippen LogP contribution in [0.25, 0.3) is 5.57 Å². The summed E-state index contributed by atoms with van der Waals surface area (Å²) < 4.78 is 12.2. The van der Waals surface area contributed by atoms with Crippen molar-refractivity contribution in [2.24, 2.45) is 0 Å². The molecule has 3 nitrogen and oxygen atoms in total. The Bertz CT molecular complexity index is 613. The molecule has 0 N–H and O–H groups in total. The van der Waals surface area contributed by atoms with E-state index in [0.717, 1.165) is 48.6 Å². The summed E-state index contributed by atoms with van der Waals surface area (Å²) in [4.78, 5) is 11.5. The summed E-state index contributed by atoms with van der Waals surface area (Å²) in [5.41, 5.74) is 3.55. The van der Waals surface area contributed by atoms with Crippen molar-refractivity contribution >= 4 is 24.4 Å². The molecule has 0 atom stereocenters. The molecule has 1 heterocycles. The van der Waals surface area contributed by atoms with E-state index in [9.17, 15) is 4.79 Å². The van der Waals surface area contributed by atoms with Gasteiger partial charge in [-0.15, -0.1) is 0 Å². The number of allylic oxidation sites excluding steroid dienone is 2. The molecule has 2 rings (SSSR count). The van der Waals surface area contributed by atoms with E-state index in [-0.39, 0.29) is 18.3 Å². The summed E-state index contributed by atoms with van der Waals surface area (Å²) in [7, 11) is -0.348. The fourth-order valence-electron chi connectivity index (χ4n) is 3.11. The number of hydrogen-bond acceptors (Lipinski definition) is 3. The smallest absolute Gasteiger partial charge is 0.399 e. The molecule has 0 aliphatic carbocycles. The summed E-state index contributed by atoms with van der Waals surface area (Å²) in [6.07, 6.45) is 4.78. The van der Waals surface area contributed by atoms with Crippen LogP contribution >= 0.6 is 0 Å². The predicted octanol–water partition coefficient (Wildman–Crippen LogP) is 4.54. The summed E-state index contributed by atoms with van der Waals surface area (Å²) in [6, 6.07) is 8.29. The Morgan fingerprint density at radius 2 is 1.48 bits per heavy atom. The van der Waals surface area contributed by atoms with Gasteiger partial charge < -0.3 is 9.31 Å². The van der Waals surface area contributed by atoms with E-state index in [1.165, 1.54) is 5.57 Å². The van der Waals surface area contributed by atoms with Crippen LogP contribution in [0.4, 0.5) is 0 Å². The second-order valence-electron chi connectivity index (χ2n) is 7.83. The van der Waals surface area contributed by atoms with Crippen molar-refractivity contribution in [3.8, 4) is 0 Å². The van der Waals surface area contributed by atoms with Gasteiger partial charge >= 0.3 is 7.12 Å². The first-order valence-electron chi connectivity index (χ1n) is 9.39. The third-order valence-electron chi connectivity index (χ3n) is 5.33. The second-order valence-corrected chi connectivity index (χ2v) is 7.83. The molecule has 0 bridgehead atoms. The van der Waals surface area contributed by atoms with Gasteiger partial charge in [0, 0.05) is 0 Å². The Morgan fingerprint density at radius 1 is 0.960 bits per heavy atom. The van der Waals surface area contributed by atoms with Gasteiger partial charge in [0.15, 0.2) is 0 Å². The van der Waals surface area contributed by atoms with E-state index >= 15 is 0 Å². The molecule has 4 heteroatoms. The zero-order chi connectivity index (χ0) is 18.7. The van der Waals surface area contributed by atoms with Crippen LogP contribution in [0.3, 0.4) is 0 Å². The van der Waals surface area contributed by atoms with Gasteiger partial charge in [-0.1, -0.05) is 51.0 Å². The highest BCUT2D eigenvalue weighted by Crippen LogP contribution is 2.36. The SMILES string of the molecule is CCC/C(C=O)=C(\CCC)c1ccc(B2OC(C)(C)C(C)(C)O2)cc1. The average Bonchev–Trinajstić information content (AvgIpc) is 2.79. The molecule has 1 saturated heterocycles. The van der Waals surface area contributed by atoms with Crippen molar-refractivity contribution in [1.29, 1.82) is 0 Å². The minimum Gasteiger partial charge on any atom is -0.399 e. The van der Waals surface area contributed by atoms with Crippen molar-refractivity contribution in [3.05, 3.63) is 35.4 Å². The number of hydrogen-bond donors (Lipinski definition) is 0.